The molecule has 0 aliphatic rings. The summed E-state index contributed by atoms with van der Waals surface area (Å²) in [5.41, 5.74) is 6.04. The lowest BCUT2D eigenvalue weighted by Crippen LogP contribution is -2.42. The molecule has 1 aromatic heterocycles. The maximum Gasteiger partial charge on any atom is 0.326 e. The number of hydrogen-bond donors (Lipinski definition) is 3. The van der Waals surface area contributed by atoms with E-state index in [0.29, 0.717) is 13.0 Å². The lowest BCUT2D eigenvalue weighted by atomic mass is 10.1. The lowest BCUT2D eigenvalue weighted by Gasteiger charge is -2.14. The molecular formula is C11H18N4O3. The number of amides is 1. The standard InChI is InChI=1S/C11H18N4O3/c1-15-7-13-6-8(15)5-9(11(17)18)14-10(16)3-2-4-12/h6-7,9H,2-5,12H2,1H3,(H,14,16)(H,17,18)/t9-/m0/s1. The van der Waals surface area contributed by atoms with Crippen LogP contribution in [-0.2, 0) is 23.1 Å². The minimum atomic E-state index is -1.06. The van der Waals surface area contributed by atoms with Gasteiger partial charge in [-0.3, -0.25) is 4.79 Å². The van der Waals surface area contributed by atoms with Gasteiger partial charge in [0.05, 0.1) is 6.33 Å². The summed E-state index contributed by atoms with van der Waals surface area (Å²) in [6.07, 6.45) is 4.17. The van der Waals surface area contributed by atoms with Crippen LogP contribution in [0, 0.1) is 0 Å². The van der Waals surface area contributed by atoms with E-state index < -0.39 is 12.0 Å². The maximum absolute atomic E-state index is 11.5. The topological polar surface area (TPSA) is 110 Å². The summed E-state index contributed by atoms with van der Waals surface area (Å²) in [5.74, 6) is -1.35. The summed E-state index contributed by atoms with van der Waals surface area (Å²) < 4.78 is 1.72. The monoisotopic (exact) mass is 254 g/mol. The largest absolute Gasteiger partial charge is 0.480 e. The van der Waals surface area contributed by atoms with E-state index >= 15 is 0 Å². The van der Waals surface area contributed by atoms with Gasteiger partial charge in [-0.05, 0) is 13.0 Å². The Morgan fingerprint density at radius 3 is 2.83 bits per heavy atom. The second-order valence-corrected chi connectivity index (χ2v) is 4.05. The van der Waals surface area contributed by atoms with Crippen LogP contribution in [0.4, 0.5) is 0 Å². The van der Waals surface area contributed by atoms with Crippen LogP contribution in [0.1, 0.15) is 18.5 Å². The molecule has 0 aromatic carbocycles. The molecule has 0 aliphatic heterocycles. The van der Waals surface area contributed by atoms with Crippen molar-refractivity contribution >= 4 is 11.9 Å². The molecule has 0 saturated carbocycles. The van der Waals surface area contributed by atoms with Gasteiger partial charge >= 0.3 is 5.97 Å². The minimum absolute atomic E-state index is 0.209. The molecular weight excluding hydrogens is 236 g/mol. The van der Waals surface area contributed by atoms with Crippen molar-refractivity contribution in [2.45, 2.75) is 25.3 Å². The summed E-state index contributed by atoms with van der Waals surface area (Å²) in [6, 6.07) is -0.939. The van der Waals surface area contributed by atoms with Gasteiger partial charge in [-0.1, -0.05) is 0 Å². The molecule has 1 amide bonds. The number of aromatic nitrogens is 2. The molecule has 0 unspecified atom stereocenters. The summed E-state index contributed by atoms with van der Waals surface area (Å²) in [7, 11) is 1.78. The quantitative estimate of drug-likeness (QED) is 0.594. The Morgan fingerprint density at radius 1 is 1.61 bits per heavy atom. The number of nitrogens with one attached hydrogen (secondary N) is 1. The van der Waals surface area contributed by atoms with Crippen LogP contribution in [-0.4, -0.2) is 39.1 Å². The van der Waals surface area contributed by atoms with Crippen LogP contribution >= 0.6 is 0 Å². The highest BCUT2D eigenvalue weighted by atomic mass is 16.4. The molecule has 0 fully saturated rings. The Hall–Kier alpha value is -1.89. The van der Waals surface area contributed by atoms with Crippen LogP contribution < -0.4 is 11.1 Å². The summed E-state index contributed by atoms with van der Waals surface area (Å²) in [5, 5.41) is 11.5. The normalized spacial score (nSPS) is 12.1. The van der Waals surface area contributed by atoms with Gasteiger partial charge in [0.15, 0.2) is 0 Å². The average Bonchev–Trinajstić information content (AvgIpc) is 2.71. The molecule has 0 radical (unpaired) electrons. The fraction of sp³-hybridized carbons (Fsp3) is 0.545. The van der Waals surface area contributed by atoms with Crippen molar-refractivity contribution in [1.82, 2.24) is 14.9 Å². The second kappa shape index (κ2) is 6.75. The van der Waals surface area contributed by atoms with Gasteiger partial charge in [0.2, 0.25) is 5.91 Å². The van der Waals surface area contributed by atoms with E-state index in [1.54, 1.807) is 24.1 Å². The molecule has 18 heavy (non-hydrogen) atoms. The molecule has 7 nitrogen and oxygen atoms in total. The van der Waals surface area contributed by atoms with Crippen molar-refractivity contribution in [2.24, 2.45) is 12.8 Å². The van der Waals surface area contributed by atoms with Crippen molar-refractivity contribution in [1.29, 1.82) is 0 Å². The van der Waals surface area contributed by atoms with Crippen molar-refractivity contribution in [3.05, 3.63) is 18.2 Å². The zero-order chi connectivity index (χ0) is 13.5. The van der Waals surface area contributed by atoms with E-state index in [2.05, 4.69) is 10.3 Å². The first-order valence-electron chi connectivity index (χ1n) is 5.72. The number of carbonyl (C=O) groups excluding carboxylic acids is 1. The number of nitrogens with zero attached hydrogens (tertiary/aromatic N) is 2. The summed E-state index contributed by atoms with van der Waals surface area (Å²) >= 11 is 0. The number of carboxylic acids is 1. The number of carboxylic acid groups (broad SMARTS) is 1. The van der Waals surface area contributed by atoms with Crippen LogP contribution in [0.15, 0.2) is 12.5 Å². The van der Waals surface area contributed by atoms with E-state index in [-0.39, 0.29) is 18.7 Å². The highest BCUT2D eigenvalue weighted by Gasteiger charge is 2.21. The van der Waals surface area contributed by atoms with Gasteiger partial charge in [-0.15, -0.1) is 0 Å². The Kier molecular flexibility index (Phi) is 5.31. The van der Waals surface area contributed by atoms with Crippen molar-refractivity contribution in [3.8, 4) is 0 Å². The fourth-order valence-corrected chi connectivity index (χ4v) is 1.52. The number of carbonyl (C=O) groups is 2. The predicted octanol–water partition coefficient (Wildman–Crippen LogP) is -0.729. The molecule has 0 aliphatic carbocycles. The van der Waals surface area contributed by atoms with Gasteiger partial charge in [-0.25, -0.2) is 9.78 Å². The van der Waals surface area contributed by atoms with E-state index in [1.165, 1.54) is 0 Å². The van der Waals surface area contributed by atoms with Gasteiger partial charge < -0.3 is 20.7 Å². The average molecular weight is 254 g/mol. The second-order valence-electron chi connectivity index (χ2n) is 4.05. The van der Waals surface area contributed by atoms with Crippen LogP contribution in [0.2, 0.25) is 0 Å². The molecule has 1 rings (SSSR count). The molecule has 0 spiro atoms. The zero-order valence-electron chi connectivity index (χ0n) is 10.3. The molecule has 100 valence electrons. The third-order valence-corrected chi connectivity index (χ3v) is 2.57. The molecule has 0 bridgehead atoms. The first-order valence-corrected chi connectivity index (χ1v) is 5.72. The molecule has 1 aromatic rings. The smallest absolute Gasteiger partial charge is 0.326 e. The number of nitrogens with two attached hydrogens (primary N) is 1. The van der Waals surface area contributed by atoms with E-state index in [9.17, 15) is 9.59 Å². The maximum atomic E-state index is 11.5. The van der Waals surface area contributed by atoms with Gasteiger partial charge in [0.1, 0.15) is 6.04 Å². The molecule has 0 saturated heterocycles. The zero-order valence-corrected chi connectivity index (χ0v) is 10.3. The Labute approximate surface area is 105 Å². The highest BCUT2D eigenvalue weighted by Crippen LogP contribution is 2.02. The van der Waals surface area contributed by atoms with Crippen molar-refractivity contribution < 1.29 is 14.7 Å². The van der Waals surface area contributed by atoms with Gasteiger partial charge in [-0.2, -0.15) is 0 Å². The van der Waals surface area contributed by atoms with Crippen molar-refractivity contribution in [2.75, 3.05) is 6.54 Å². The van der Waals surface area contributed by atoms with Crippen LogP contribution in [0.3, 0.4) is 0 Å². The van der Waals surface area contributed by atoms with Crippen LogP contribution in [0.25, 0.3) is 0 Å². The number of aliphatic carboxylic acids is 1. The predicted molar refractivity (Wildman–Crippen MR) is 64.8 cm³/mol. The minimum Gasteiger partial charge on any atom is -0.480 e. The SMILES string of the molecule is Cn1cncc1C[C@H](NC(=O)CCCN)C(=O)O. The van der Waals surface area contributed by atoms with Crippen molar-refractivity contribution in [3.63, 3.8) is 0 Å². The first kappa shape index (κ1) is 14.2. The first-order chi connectivity index (χ1) is 8.54. The summed E-state index contributed by atoms with van der Waals surface area (Å²) in [6.45, 7) is 0.410. The lowest BCUT2D eigenvalue weighted by molar-refractivity contribution is -0.141. The highest BCUT2D eigenvalue weighted by molar-refractivity contribution is 5.83. The third kappa shape index (κ3) is 4.17. The van der Waals surface area contributed by atoms with E-state index in [1.807, 2.05) is 0 Å². The Bertz CT molecular complexity index is 416. The fourth-order valence-electron chi connectivity index (χ4n) is 1.52. The van der Waals surface area contributed by atoms with E-state index in [0.717, 1.165) is 5.69 Å². The number of rotatable bonds is 7. The molecule has 4 N–H and O–H groups in total. The number of aryl methyl sites for hydroxylation is 1. The molecule has 1 atom stereocenters. The Morgan fingerprint density at radius 2 is 2.33 bits per heavy atom. The van der Waals surface area contributed by atoms with Gasteiger partial charge in [0, 0.05) is 31.8 Å². The van der Waals surface area contributed by atoms with E-state index in [4.69, 9.17) is 10.8 Å². The molecule has 7 heteroatoms. The third-order valence-electron chi connectivity index (χ3n) is 2.57. The molecule has 1 heterocycles. The Balaban J connectivity index is 2.58. The summed E-state index contributed by atoms with van der Waals surface area (Å²) in [4.78, 5) is 26.5. The van der Waals surface area contributed by atoms with Gasteiger partial charge in [0.25, 0.3) is 0 Å². The number of imidazole rings is 1. The van der Waals surface area contributed by atoms with Crippen LogP contribution in [0.5, 0.6) is 0 Å². The number of hydrogen-bond acceptors (Lipinski definition) is 4.